The molecule has 1 aromatic heterocycles. The highest BCUT2D eigenvalue weighted by atomic mass is 15.0. The zero-order valence-electron chi connectivity index (χ0n) is 12.0. The SMILES string of the molecule is CCCNc1cc(-c2ccccc2)nc(C2CCC2)n1. The summed E-state index contributed by atoms with van der Waals surface area (Å²) >= 11 is 0. The van der Waals surface area contributed by atoms with Crippen LogP contribution in [0.4, 0.5) is 5.82 Å². The smallest absolute Gasteiger partial charge is 0.134 e. The standard InChI is InChI=1S/C17H21N3/c1-2-11-18-16-12-15(13-7-4-3-5-8-13)19-17(20-16)14-9-6-10-14/h3-5,7-8,12,14H,2,6,9-11H2,1H3,(H,18,19,20). The van der Waals surface area contributed by atoms with Crippen molar-refractivity contribution in [2.45, 2.75) is 38.5 Å². The summed E-state index contributed by atoms with van der Waals surface area (Å²) in [5, 5.41) is 3.40. The van der Waals surface area contributed by atoms with E-state index in [0.29, 0.717) is 5.92 Å². The molecule has 1 aliphatic carbocycles. The van der Waals surface area contributed by atoms with Gasteiger partial charge < -0.3 is 5.32 Å². The van der Waals surface area contributed by atoms with Gasteiger partial charge in [0.1, 0.15) is 11.6 Å². The van der Waals surface area contributed by atoms with Crippen LogP contribution in [-0.2, 0) is 0 Å². The predicted molar refractivity (Wildman–Crippen MR) is 82.8 cm³/mol. The van der Waals surface area contributed by atoms with Crippen LogP contribution in [0.25, 0.3) is 11.3 Å². The number of nitrogens with zero attached hydrogens (tertiary/aromatic N) is 2. The summed E-state index contributed by atoms with van der Waals surface area (Å²) < 4.78 is 0. The van der Waals surface area contributed by atoms with Gasteiger partial charge >= 0.3 is 0 Å². The third-order valence-electron chi connectivity index (χ3n) is 3.84. The van der Waals surface area contributed by atoms with Gasteiger partial charge in [0, 0.05) is 24.1 Å². The summed E-state index contributed by atoms with van der Waals surface area (Å²) in [6.45, 7) is 3.12. The zero-order valence-corrected chi connectivity index (χ0v) is 12.0. The van der Waals surface area contributed by atoms with Gasteiger partial charge in [0.25, 0.3) is 0 Å². The summed E-state index contributed by atoms with van der Waals surface area (Å²) in [6.07, 6.45) is 4.86. The molecule has 0 bridgehead atoms. The molecule has 0 unspecified atom stereocenters. The van der Waals surface area contributed by atoms with Crippen LogP contribution in [0.3, 0.4) is 0 Å². The van der Waals surface area contributed by atoms with E-state index in [4.69, 9.17) is 9.97 Å². The van der Waals surface area contributed by atoms with Crippen LogP contribution in [0, 0.1) is 0 Å². The van der Waals surface area contributed by atoms with Gasteiger partial charge in [-0.25, -0.2) is 9.97 Å². The average molecular weight is 267 g/mol. The first kappa shape index (κ1) is 13.1. The molecule has 20 heavy (non-hydrogen) atoms. The van der Waals surface area contributed by atoms with Crippen molar-refractivity contribution in [3.8, 4) is 11.3 Å². The molecule has 0 atom stereocenters. The van der Waals surface area contributed by atoms with Crippen LogP contribution < -0.4 is 5.32 Å². The average Bonchev–Trinajstić information content (AvgIpc) is 2.44. The lowest BCUT2D eigenvalue weighted by Crippen LogP contribution is -2.14. The first-order valence-corrected chi connectivity index (χ1v) is 7.55. The summed E-state index contributed by atoms with van der Waals surface area (Å²) in [6, 6.07) is 12.4. The van der Waals surface area contributed by atoms with E-state index in [2.05, 4.69) is 42.6 Å². The Hall–Kier alpha value is -1.90. The van der Waals surface area contributed by atoms with Crippen molar-refractivity contribution in [2.24, 2.45) is 0 Å². The molecule has 1 aliphatic rings. The molecule has 1 fully saturated rings. The van der Waals surface area contributed by atoms with Gasteiger partial charge in [-0.05, 0) is 19.3 Å². The van der Waals surface area contributed by atoms with E-state index in [1.807, 2.05) is 6.07 Å². The number of benzene rings is 1. The highest BCUT2D eigenvalue weighted by Gasteiger charge is 2.23. The number of aromatic nitrogens is 2. The molecule has 3 nitrogen and oxygen atoms in total. The molecule has 1 N–H and O–H groups in total. The van der Waals surface area contributed by atoms with Crippen molar-refractivity contribution in [1.29, 1.82) is 0 Å². The lowest BCUT2D eigenvalue weighted by atomic mass is 9.85. The summed E-state index contributed by atoms with van der Waals surface area (Å²) in [5.74, 6) is 2.53. The molecule has 2 aromatic rings. The maximum Gasteiger partial charge on any atom is 0.134 e. The largest absolute Gasteiger partial charge is 0.370 e. The van der Waals surface area contributed by atoms with Gasteiger partial charge in [0.15, 0.2) is 0 Å². The first-order chi connectivity index (χ1) is 9.86. The van der Waals surface area contributed by atoms with Crippen molar-refractivity contribution < 1.29 is 0 Å². The maximum absolute atomic E-state index is 4.78. The van der Waals surface area contributed by atoms with Crippen LogP contribution >= 0.6 is 0 Å². The Balaban J connectivity index is 1.95. The van der Waals surface area contributed by atoms with E-state index >= 15 is 0 Å². The van der Waals surface area contributed by atoms with Gasteiger partial charge in [-0.1, -0.05) is 43.7 Å². The summed E-state index contributed by atoms with van der Waals surface area (Å²) in [7, 11) is 0. The molecule has 0 aliphatic heterocycles. The first-order valence-electron chi connectivity index (χ1n) is 7.55. The lowest BCUT2D eigenvalue weighted by Gasteiger charge is -2.24. The van der Waals surface area contributed by atoms with E-state index in [1.165, 1.54) is 19.3 Å². The molecule has 0 amide bonds. The minimum atomic E-state index is 0.556. The number of anilines is 1. The zero-order chi connectivity index (χ0) is 13.8. The molecule has 1 aromatic carbocycles. The van der Waals surface area contributed by atoms with E-state index in [0.717, 1.165) is 35.9 Å². The van der Waals surface area contributed by atoms with Crippen molar-refractivity contribution in [1.82, 2.24) is 9.97 Å². The van der Waals surface area contributed by atoms with Crippen LogP contribution in [0.1, 0.15) is 44.3 Å². The molecule has 0 saturated heterocycles. The molecule has 3 heteroatoms. The van der Waals surface area contributed by atoms with E-state index in [-0.39, 0.29) is 0 Å². The number of hydrogen-bond acceptors (Lipinski definition) is 3. The van der Waals surface area contributed by atoms with Crippen LogP contribution in [0.15, 0.2) is 36.4 Å². The normalized spacial score (nSPS) is 14.8. The quantitative estimate of drug-likeness (QED) is 0.880. The number of nitrogens with one attached hydrogen (secondary N) is 1. The van der Waals surface area contributed by atoms with Crippen LogP contribution in [0.5, 0.6) is 0 Å². The van der Waals surface area contributed by atoms with Crippen molar-refractivity contribution in [3.05, 3.63) is 42.2 Å². The van der Waals surface area contributed by atoms with Gasteiger partial charge in [-0.2, -0.15) is 0 Å². The van der Waals surface area contributed by atoms with Gasteiger partial charge in [0.05, 0.1) is 5.69 Å². The minimum absolute atomic E-state index is 0.556. The molecular formula is C17H21N3. The Morgan fingerprint density at radius 1 is 1.15 bits per heavy atom. The van der Waals surface area contributed by atoms with Crippen molar-refractivity contribution >= 4 is 5.82 Å². The fraction of sp³-hybridized carbons (Fsp3) is 0.412. The molecule has 104 valence electrons. The highest BCUT2D eigenvalue weighted by molar-refractivity contribution is 5.62. The summed E-state index contributed by atoms with van der Waals surface area (Å²) in [4.78, 5) is 9.48. The van der Waals surface area contributed by atoms with E-state index in [1.54, 1.807) is 0 Å². The Kier molecular flexibility index (Phi) is 3.95. The van der Waals surface area contributed by atoms with Crippen molar-refractivity contribution in [3.63, 3.8) is 0 Å². The maximum atomic E-state index is 4.78. The Bertz CT molecular complexity index is 562. The van der Waals surface area contributed by atoms with Crippen LogP contribution in [-0.4, -0.2) is 16.5 Å². The third kappa shape index (κ3) is 2.82. The van der Waals surface area contributed by atoms with Gasteiger partial charge in [-0.15, -0.1) is 0 Å². The monoisotopic (exact) mass is 267 g/mol. The minimum Gasteiger partial charge on any atom is -0.370 e. The van der Waals surface area contributed by atoms with E-state index in [9.17, 15) is 0 Å². The second-order valence-electron chi connectivity index (χ2n) is 5.42. The Morgan fingerprint density at radius 3 is 2.60 bits per heavy atom. The molecule has 0 radical (unpaired) electrons. The molecule has 1 saturated carbocycles. The number of hydrogen-bond donors (Lipinski definition) is 1. The Morgan fingerprint density at radius 2 is 1.95 bits per heavy atom. The lowest BCUT2D eigenvalue weighted by molar-refractivity contribution is 0.402. The molecular weight excluding hydrogens is 246 g/mol. The fourth-order valence-corrected chi connectivity index (χ4v) is 2.42. The second-order valence-corrected chi connectivity index (χ2v) is 5.42. The second kappa shape index (κ2) is 6.04. The third-order valence-corrected chi connectivity index (χ3v) is 3.84. The number of rotatable bonds is 5. The van der Waals surface area contributed by atoms with Crippen molar-refractivity contribution in [2.75, 3.05) is 11.9 Å². The summed E-state index contributed by atoms with van der Waals surface area (Å²) in [5.41, 5.74) is 2.19. The topological polar surface area (TPSA) is 37.8 Å². The predicted octanol–water partition coefficient (Wildman–Crippen LogP) is 4.23. The van der Waals surface area contributed by atoms with Crippen LogP contribution in [0.2, 0.25) is 0 Å². The molecule has 0 spiro atoms. The Labute approximate surface area is 120 Å². The van der Waals surface area contributed by atoms with E-state index < -0.39 is 0 Å². The van der Waals surface area contributed by atoms with Gasteiger partial charge in [0.2, 0.25) is 0 Å². The highest BCUT2D eigenvalue weighted by Crippen LogP contribution is 2.35. The molecule has 3 rings (SSSR count). The molecule has 1 heterocycles. The fourth-order valence-electron chi connectivity index (χ4n) is 2.42. The van der Waals surface area contributed by atoms with Gasteiger partial charge in [-0.3, -0.25) is 0 Å².